The van der Waals surface area contributed by atoms with Crippen LogP contribution >= 0.6 is 11.8 Å². The maximum absolute atomic E-state index is 13.6. The summed E-state index contributed by atoms with van der Waals surface area (Å²) >= 11 is 1.74. The van der Waals surface area contributed by atoms with Crippen LogP contribution in [0.3, 0.4) is 0 Å². The summed E-state index contributed by atoms with van der Waals surface area (Å²) in [5.41, 5.74) is 0.271. The van der Waals surface area contributed by atoms with Crippen molar-refractivity contribution >= 4 is 23.4 Å². The van der Waals surface area contributed by atoms with Gasteiger partial charge in [-0.15, -0.1) is 11.8 Å². The highest BCUT2D eigenvalue weighted by Crippen LogP contribution is 2.29. The van der Waals surface area contributed by atoms with Crippen molar-refractivity contribution in [1.82, 2.24) is 9.88 Å². The van der Waals surface area contributed by atoms with Crippen molar-refractivity contribution in [2.75, 3.05) is 25.5 Å². The minimum Gasteiger partial charge on any atom is -0.320 e. The third-order valence-electron chi connectivity index (χ3n) is 4.12. The van der Waals surface area contributed by atoms with E-state index < -0.39 is 17.5 Å². The van der Waals surface area contributed by atoms with Gasteiger partial charge >= 0.3 is 0 Å². The molecule has 1 aliphatic heterocycles. The molecule has 0 atom stereocenters. The SMILES string of the molecule is CN1CCC(Sc2ccc(NC(=O)c3ccc(F)cc3F)cn2)CC1. The van der Waals surface area contributed by atoms with Crippen LogP contribution in [-0.4, -0.2) is 41.2 Å². The van der Waals surface area contributed by atoms with Crippen LogP contribution in [0.15, 0.2) is 41.6 Å². The molecule has 1 fully saturated rings. The Hall–Kier alpha value is -1.99. The Kier molecular flexibility index (Phi) is 5.65. The smallest absolute Gasteiger partial charge is 0.258 e. The number of rotatable bonds is 4. The number of piperidine rings is 1. The van der Waals surface area contributed by atoms with Crippen LogP contribution in [0.1, 0.15) is 23.2 Å². The van der Waals surface area contributed by atoms with Gasteiger partial charge in [0.2, 0.25) is 0 Å². The number of benzene rings is 1. The highest BCUT2D eigenvalue weighted by atomic mass is 32.2. The normalized spacial score (nSPS) is 16.0. The second kappa shape index (κ2) is 7.93. The molecule has 0 aliphatic carbocycles. The molecule has 2 heterocycles. The minimum absolute atomic E-state index is 0.203. The molecule has 0 unspecified atom stereocenters. The van der Waals surface area contributed by atoms with Crippen LogP contribution in [0, 0.1) is 11.6 Å². The summed E-state index contributed by atoms with van der Waals surface area (Å²) in [5.74, 6) is -2.24. The zero-order valence-corrected chi connectivity index (χ0v) is 14.7. The van der Waals surface area contributed by atoms with Crippen LogP contribution in [0.2, 0.25) is 0 Å². The molecule has 7 heteroatoms. The predicted octanol–water partition coefficient (Wildman–Crippen LogP) is 3.80. The number of nitrogens with zero attached hydrogens (tertiary/aromatic N) is 2. The van der Waals surface area contributed by atoms with Gasteiger partial charge in [0.15, 0.2) is 0 Å². The molecule has 25 heavy (non-hydrogen) atoms. The summed E-state index contributed by atoms with van der Waals surface area (Å²) in [6.45, 7) is 2.18. The van der Waals surface area contributed by atoms with E-state index in [-0.39, 0.29) is 5.56 Å². The van der Waals surface area contributed by atoms with Crippen molar-refractivity contribution in [2.45, 2.75) is 23.1 Å². The van der Waals surface area contributed by atoms with Gasteiger partial charge in [-0.3, -0.25) is 4.79 Å². The third-order valence-corrected chi connectivity index (χ3v) is 5.41. The number of pyridine rings is 1. The molecule has 1 amide bonds. The molecule has 0 spiro atoms. The number of carbonyl (C=O) groups is 1. The van der Waals surface area contributed by atoms with Crippen molar-refractivity contribution in [2.24, 2.45) is 0 Å². The quantitative estimate of drug-likeness (QED) is 0.898. The fourth-order valence-corrected chi connectivity index (χ4v) is 3.72. The van der Waals surface area contributed by atoms with Crippen LogP contribution in [0.4, 0.5) is 14.5 Å². The first-order chi connectivity index (χ1) is 12.0. The van der Waals surface area contributed by atoms with Gasteiger partial charge in [0.1, 0.15) is 11.6 Å². The molecule has 1 aromatic carbocycles. The van der Waals surface area contributed by atoms with Gasteiger partial charge in [-0.1, -0.05) is 0 Å². The Morgan fingerprint density at radius 3 is 2.64 bits per heavy atom. The molecule has 4 nitrogen and oxygen atoms in total. The zero-order chi connectivity index (χ0) is 17.8. The lowest BCUT2D eigenvalue weighted by Gasteiger charge is -2.28. The van der Waals surface area contributed by atoms with Gasteiger partial charge in [-0.05, 0) is 57.2 Å². The van der Waals surface area contributed by atoms with E-state index in [2.05, 4.69) is 22.2 Å². The molecule has 2 aromatic rings. The average Bonchev–Trinajstić information content (AvgIpc) is 2.58. The highest BCUT2D eigenvalue weighted by Gasteiger charge is 2.18. The van der Waals surface area contributed by atoms with Crippen molar-refractivity contribution in [3.63, 3.8) is 0 Å². The third kappa shape index (κ3) is 4.76. The zero-order valence-electron chi connectivity index (χ0n) is 13.8. The summed E-state index contributed by atoms with van der Waals surface area (Å²) in [6, 6.07) is 6.45. The second-order valence-electron chi connectivity index (χ2n) is 6.08. The molecule has 1 aromatic heterocycles. The van der Waals surface area contributed by atoms with Gasteiger partial charge < -0.3 is 10.2 Å². The first-order valence-corrected chi connectivity index (χ1v) is 8.97. The van der Waals surface area contributed by atoms with Crippen molar-refractivity contribution < 1.29 is 13.6 Å². The molecule has 1 saturated heterocycles. The molecule has 1 aliphatic rings. The van der Waals surface area contributed by atoms with E-state index in [1.165, 1.54) is 0 Å². The Labute approximate surface area is 149 Å². The second-order valence-corrected chi connectivity index (χ2v) is 7.40. The predicted molar refractivity (Wildman–Crippen MR) is 94.9 cm³/mol. The Bertz CT molecular complexity index is 746. The number of carbonyl (C=O) groups excluding carboxylic acids is 1. The lowest BCUT2D eigenvalue weighted by atomic mass is 10.1. The van der Waals surface area contributed by atoms with E-state index in [9.17, 15) is 13.6 Å². The molecular formula is C18H19F2N3OS. The fraction of sp³-hybridized carbons (Fsp3) is 0.333. The number of thioether (sulfide) groups is 1. The standard InChI is InChI=1S/C18H19F2N3OS/c1-23-8-6-14(7-9-23)25-17-5-3-13(11-21-17)22-18(24)15-4-2-12(19)10-16(15)20/h2-5,10-11,14H,6-9H2,1H3,(H,22,24). The average molecular weight is 363 g/mol. The van der Waals surface area contributed by atoms with Crippen LogP contribution < -0.4 is 5.32 Å². The number of hydrogen-bond acceptors (Lipinski definition) is 4. The maximum atomic E-state index is 13.6. The van der Waals surface area contributed by atoms with Crippen molar-refractivity contribution in [1.29, 1.82) is 0 Å². The van der Waals surface area contributed by atoms with E-state index in [0.717, 1.165) is 43.1 Å². The molecule has 3 rings (SSSR count). The number of likely N-dealkylation sites (tertiary alicyclic amines) is 1. The summed E-state index contributed by atoms with van der Waals surface area (Å²) in [4.78, 5) is 18.7. The van der Waals surface area contributed by atoms with E-state index in [4.69, 9.17) is 0 Å². The molecule has 0 bridgehead atoms. The van der Waals surface area contributed by atoms with Crippen molar-refractivity contribution in [3.8, 4) is 0 Å². The molecule has 1 N–H and O–H groups in total. The molecule has 132 valence electrons. The van der Waals surface area contributed by atoms with Crippen LogP contribution in [-0.2, 0) is 0 Å². The van der Waals surface area contributed by atoms with Gasteiger partial charge in [0.25, 0.3) is 5.91 Å². The topological polar surface area (TPSA) is 45.2 Å². The summed E-state index contributed by atoms with van der Waals surface area (Å²) < 4.78 is 26.5. The first kappa shape index (κ1) is 17.8. The lowest BCUT2D eigenvalue weighted by molar-refractivity contribution is 0.102. The number of halogens is 2. The monoisotopic (exact) mass is 363 g/mol. The van der Waals surface area contributed by atoms with Crippen LogP contribution in [0.5, 0.6) is 0 Å². The van der Waals surface area contributed by atoms with Crippen LogP contribution in [0.25, 0.3) is 0 Å². The molecular weight excluding hydrogens is 344 g/mol. The number of nitrogens with one attached hydrogen (secondary N) is 1. The Morgan fingerprint density at radius 1 is 1.24 bits per heavy atom. The number of anilines is 1. The van der Waals surface area contributed by atoms with E-state index in [1.807, 2.05) is 6.07 Å². The fourth-order valence-electron chi connectivity index (χ4n) is 2.67. The summed E-state index contributed by atoms with van der Waals surface area (Å²) in [5, 5.41) is 4.03. The number of amides is 1. The highest BCUT2D eigenvalue weighted by molar-refractivity contribution is 7.99. The number of hydrogen-bond donors (Lipinski definition) is 1. The number of aromatic nitrogens is 1. The molecule has 0 saturated carbocycles. The molecule has 0 radical (unpaired) electrons. The minimum atomic E-state index is -0.889. The Balaban J connectivity index is 1.59. The first-order valence-electron chi connectivity index (χ1n) is 8.09. The van der Waals surface area contributed by atoms with E-state index >= 15 is 0 Å². The van der Waals surface area contributed by atoms with Crippen molar-refractivity contribution in [3.05, 3.63) is 53.7 Å². The lowest BCUT2D eigenvalue weighted by Crippen LogP contribution is -2.31. The Morgan fingerprint density at radius 2 is 2.00 bits per heavy atom. The largest absolute Gasteiger partial charge is 0.320 e. The van der Waals surface area contributed by atoms with E-state index in [0.29, 0.717) is 17.0 Å². The van der Waals surface area contributed by atoms with Gasteiger partial charge in [-0.25, -0.2) is 13.8 Å². The van der Waals surface area contributed by atoms with Gasteiger partial charge in [-0.2, -0.15) is 0 Å². The van der Waals surface area contributed by atoms with Gasteiger partial charge in [0.05, 0.1) is 22.5 Å². The summed E-state index contributed by atoms with van der Waals surface area (Å²) in [6.07, 6.45) is 3.81. The van der Waals surface area contributed by atoms with Gasteiger partial charge in [0, 0.05) is 11.3 Å². The summed E-state index contributed by atoms with van der Waals surface area (Å²) in [7, 11) is 2.13. The maximum Gasteiger partial charge on any atom is 0.258 e. The van der Waals surface area contributed by atoms with E-state index in [1.54, 1.807) is 24.0 Å².